The van der Waals surface area contributed by atoms with Crippen molar-refractivity contribution >= 4 is 5.91 Å². The second kappa shape index (κ2) is 5.72. The van der Waals surface area contributed by atoms with E-state index in [0.29, 0.717) is 13.0 Å². The predicted octanol–water partition coefficient (Wildman–Crippen LogP) is 0.939. The van der Waals surface area contributed by atoms with E-state index in [-0.39, 0.29) is 11.4 Å². The van der Waals surface area contributed by atoms with E-state index in [4.69, 9.17) is 5.26 Å². The molecule has 0 saturated carbocycles. The van der Waals surface area contributed by atoms with E-state index in [1.807, 2.05) is 6.07 Å². The summed E-state index contributed by atoms with van der Waals surface area (Å²) in [5, 5.41) is 14.5. The van der Waals surface area contributed by atoms with Gasteiger partial charge in [-0.15, -0.1) is 0 Å². The van der Waals surface area contributed by atoms with Crippen molar-refractivity contribution in [2.45, 2.75) is 44.6 Å². The van der Waals surface area contributed by atoms with Crippen LogP contribution in [0.1, 0.15) is 39.0 Å². The highest BCUT2D eigenvalue weighted by atomic mass is 16.2. The topological polar surface area (TPSA) is 64.9 Å². The third kappa shape index (κ3) is 2.93. The molecular weight excluding hydrogens is 190 g/mol. The number of hydrogen-bond acceptors (Lipinski definition) is 3. The standard InChI is InChI=1S/C11H19N3O/c1-2-5-11(6-3-9-14-11)10(15)13-8-4-7-12/h14H,2-6,8-9H2,1H3,(H,13,15). The summed E-state index contributed by atoms with van der Waals surface area (Å²) in [6, 6.07) is 2.02. The maximum atomic E-state index is 11.9. The molecule has 0 aromatic heterocycles. The normalized spacial score (nSPS) is 24.8. The maximum absolute atomic E-state index is 11.9. The van der Waals surface area contributed by atoms with Crippen LogP contribution in [0.15, 0.2) is 0 Å². The van der Waals surface area contributed by atoms with E-state index < -0.39 is 0 Å². The molecule has 4 nitrogen and oxygen atoms in total. The van der Waals surface area contributed by atoms with E-state index in [1.54, 1.807) is 0 Å². The largest absolute Gasteiger partial charge is 0.353 e. The highest BCUT2D eigenvalue weighted by molar-refractivity contribution is 5.86. The fourth-order valence-electron chi connectivity index (χ4n) is 2.15. The minimum atomic E-state index is -0.357. The first kappa shape index (κ1) is 12.0. The summed E-state index contributed by atoms with van der Waals surface area (Å²) < 4.78 is 0. The lowest BCUT2D eigenvalue weighted by Gasteiger charge is -2.27. The number of nitrogens with one attached hydrogen (secondary N) is 2. The van der Waals surface area contributed by atoms with Crippen LogP contribution in [0.5, 0.6) is 0 Å². The Kier molecular flexibility index (Phi) is 4.57. The molecule has 1 unspecified atom stereocenters. The minimum Gasteiger partial charge on any atom is -0.353 e. The molecule has 1 aliphatic heterocycles. The smallest absolute Gasteiger partial charge is 0.240 e. The Balaban J connectivity index is 2.49. The molecule has 1 atom stereocenters. The highest BCUT2D eigenvalue weighted by Crippen LogP contribution is 2.24. The molecule has 15 heavy (non-hydrogen) atoms. The van der Waals surface area contributed by atoms with E-state index in [2.05, 4.69) is 17.6 Å². The van der Waals surface area contributed by atoms with Gasteiger partial charge in [0.15, 0.2) is 0 Å². The van der Waals surface area contributed by atoms with Gasteiger partial charge in [0.2, 0.25) is 5.91 Å². The van der Waals surface area contributed by atoms with Crippen molar-refractivity contribution in [2.75, 3.05) is 13.1 Å². The number of nitriles is 1. The van der Waals surface area contributed by atoms with E-state index in [1.165, 1.54) is 0 Å². The lowest BCUT2D eigenvalue weighted by atomic mass is 9.91. The summed E-state index contributed by atoms with van der Waals surface area (Å²) in [5.74, 6) is 0.0668. The number of rotatable bonds is 5. The zero-order chi connectivity index (χ0) is 11.1. The third-order valence-electron chi connectivity index (χ3n) is 2.88. The van der Waals surface area contributed by atoms with Gasteiger partial charge >= 0.3 is 0 Å². The Bertz CT molecular complexity index is 251. The van der Waals surface area contributed by atoms with Gasteiger partial charge in [-0.1, -0.05) is 13.3 Å². The number of carbonyl (C=O) groups is 1. The summed E-state index contributed by atoms with van der Waals surface area (Å²) in [4.78, 5) is 11.9. The molecule has 0 aromatic rings. The Morgan fingerprint density at radius 3 is 3.00 bits per heavy atom. The molecule has 2 N–H and O–H groups in total. The summed E-state index contributed by atoms with van der Waals surface area (Å²) >= 11 is 0. The molecule has 0 aromatic carbocycles. The number of hydrogen-bond donors (Lipinski definition) is 2. The summed E-state index contributed by atoms with van der Waals surface area (Å²) in [6.45, 7) is 3.47. The molecule has 84 valence electrons. The Labute approximate surface area is 91.0 Å². The van der Waals surface area contributed by atoms with Gasteiger partial charge in [0.1, 0.15) is 0 Å². The van der Waals surface area contributed by atoms with Crippen LogP contribution in [0.25, 0.3) is 0 Å². The second-order valence-electron chi connectivity index (χ2n) is 4.03. The Morgan fingerprint density at radius 1 is 1.67 bits per heavy atom. The van der Waals surface area contributed by atoms with Crippen molar-refractivity contribution < 1.29 is 4.79 Å². The van der Waals surface area contributed by atoms with Crippen LogP contribution in [0.2, 0.25) is 0 Å². The zero-order valence-corrected chi connectivity index (χ0v) is 9.31. The van der Waals surface area contributed by atoms with Gasteiger partial charge < -0.3 is 10.6 Å². The first-order valence-corrected chi connectivity index (χ1v) is 5.65. The number of nitrogens with zero attached hydrogens (tertiary/aromatic N) is 1. The Hall–Kier alpha value is -1.08. The molecule has 0 spiro atoms. The monoisotopic (exact) mass is 209 g/mol. The van der Waals surface area contributed by atoms with Gasteiger partial charge in [-0.25, -0.2) is 0 Å². The molecular formula is C11H19N3O. The van der Waals surface area contributed by atoms with Crippen LogP contribution in [-0.2, 0) is 4.79 Å². The van der Waals surface area contributed by atoms with Gasteiger partial charge in [-0.2, -0.15) is 5.26 Å². The highest BCUT2D eigenvalue weighted by Gasteiger charge is 2.39. The van der Waals surface area contributed by atoms with E-state index in [9.17, 15) is 4.79 Å². The van der Waals surface area contributed by atoms with Gasteiger partial charge in [0.25, 0.3) is 0 Å². The van der Waals surface area contributed by atoms with Gasteiger partial charge in [0, 0.05) is 6.54 Å². The molecule has 1 rings (SSSR count). The van der Waals surface area contributed by atoms with Crippen molar-refractivity contribution in [1.82, 2.24) is 10.6 Å². The summed E-state index contributed by atoms with van der Waals surface area (Å²) in [5.41, 5.74) is -0.357. The lowest BCUT2D eigenvalue weighted by molar-refractivity contribution is -0.127. The van der Waals surface area contributed by atoms with Crippen LogP contribution in [0.4, 0.5) is 0 Å². The fourth-order valence-corrected chi connectivity index (χ4v) is 2.15. The molecule has 0 radical (unpaired) electrons. The van der Waals surface area contributed by atoms with Gasteiger partial charge in [-0.3, -0.25) is 4.79 Å². The molecule has 4 heteroatoms. The average molecular weight is 209 g/mol. The number of carbonyl (C=O) groups excluding carboxylic acids is 1. The summed E-state index contributed by atoms with van der Waals surface area (Å²) in [6.07, 6.45) is 4.24. The van der Waals surface area contributed by atoms with Crippen LogP contribution in [0, 0.1) is 11.3 Å². The maximum Gasteiger partial charge on any atom is 0.240 e. The second-order valence-corrected chi connectivity index (χ2v) is 4.03. The number of amides is 1. The molecule has 0 bridgehead atoms. The van der Waals surface area contributed by atoms with Crippen molar-refractivity contribution in [3.05, 3.63) is 0 Å². The SMILES string of the molecule is CCCC1(C(=O)NCCC#N)CCCN1. The average Bonchev–Trinajstić information content (AvgIpc) is 2.68. The molecule has 1 heterocycles. The first-order chi connectivity index (χ1) is 7.25. The third-order valence-corrected chi connectivity index (χ3v) is 2.88. The van der Waals surface area contributed by atoms with Crippen molar-refractivity contribution in [1.29, 1.82) is 5.26 Å². The predicted molar refractivity (Wildman–Crippen MR) is 58.1 cm³/mol. The van der Waals surface area contributed by atoms with Crippen molar-refractivity contribution in [3.63, 3.8) is 0 Å². The Morgan fingerprint density at radius 2 is 2.47 bits per heavy atom. The van der Waals surface area contributed by atoms with Crippen LogP contribution >= 0.6 is 0 Å². The van der Waals surface area contributed by atoms with Gasteiger partial charge in [-0.05, 0) is 25.8 Å². The summed E-state index contributed by atoms with van der Waals surface area (Å²) in [7, 11) is 0. The molecule has 1 fully saturated rings. The molecule has 0 aliphatic carbocycles. The fraction of sp³-hybridized carbons (Fsp3) is 0.818. The minimum absolute atomic E-state index is 0.0668. The van der Waals surface area contributed by atoms with E-state index in [0.717, 1.165) is 32.2 Å². The van der Waals surface area contributed by atoms with E-state index >= 15 is 0 Å². The zero-order valence-electron chi connectivity index (χ0n) is 9.31. The molecule has 1 aliphatic rings. The molecule has 1 saturated heterocycles. The van der Waals surface area contributed by atoms with Crippen molar-refractivity contribution in [3.8, 4) is 6.07 Å². The lowest BCUT2D eigenvalue weighted by Crippen LogP contribution is -2.53. The van der Waals surface area contributed by atoms with Crippen molar-refractivity contribution in [2.24, 2.45) is 0 Å². The quantitative estimate of drug-likeness (QED) is 0.662. The van der Waals surface area contributed by atoms with Crippen LogP contribution in [0.3, 0.4) is 0 Å². The van der Waals surface area contributed by atoms with Crippen LogP contribution < -0.4 is 10.6 Å². The van der Waals surface area contributed by atoms with Gasteiger partial charge in [0.05, 0.1) is 18.0 Å². The van der Waals surface area contributed by atoms with Crippen LogP contribution in [-0.4, -0.2) is 24.5 Å². The first-order valence-electron chi connectivity index (χ1n) is 5.65. The molecule has 1 amide bonds.